The minimum Gasteiger partial charge on any atom is -0.387 e. The lowest BCUT2D eigenvalue weighted by Gasteiger charge is -2.45. The molecule has 10 nitrogen and oxygen atoms in total. The summed E-state index contributed by atoms with van der Waals surface area (Å²) in [5.74, 6) is 0. The zero-order chi connectivity index (χ0) is 18.0. The maximum Gasteiger partial charge on any atom is 0.187 e. The van der Waals surface area contributed by atoms with Gasteiger partial charge in [-0.3, -0.25) is 0 Å². The van der Waals surface area contributed by atoms with Gasteiger partial charge in [0.1, 0.15) is 42.7 Å². The number of methoxy groups -OCH3 is 2. The Balaban J connectivity index is 2.11. The van der Waals surface area contributed by atoms with E-state index in [-0.39, 0.29) is 6.61 Å². The first-order chi connectivity index (χ1) is 11.3. The molecule has 0 unspecified atom stereocenters. The zero-order valence-electron chi connectivity index (χ0n) is 13.8. The van der Waals surface area contributed by atoms with Gasteiger partial charge in [0.25, 0.3) is 0 Å². The summed E-state index contributed by atoms with van der Waals surface area (Å²) in [5.41, 5.74) is 0. The number of ether oxygens (including phenoxy) is 5. The lowest BCUT2D eigenvalue weighted by atomic mass is 9.97. The fraction of sp³-hybridized carbons (Fsp3) is 1.00. The van der Waals surface area contributed by atoms with E-state index in [4.69, 9.17) is 23.7 Å². The molecule has 0 amide bonds. The molecule has 2 rings (SSSR count). The van der Waals surface area contributed by atoms with Crippen molar-refractivity contribution in [1.82, 2.24) is 0 Å². The Kier molecular flexibility index (Phi) is 6.90. The van der Waals surface area contributed by atoms with Gasteiger partial charge >= 0.3 is 0 Å². The summed E-state index contributed by atoms with van der Waals surface area (Å²) in [7, 11) is 2.75. The molecule has 10 heteroatoms. The van der Waals surface area contributed by atoms with E-state index in [1.807, 2.05) is 0 Å². The Labute approximate surface area is 139 Å². The van der Waals surface area contributed by atoms with Gasteiger partial charge < -0.3 is 49.2 Å². The smallest absolute Gasteiger partial charge is 0.187 e. The molecule has 0 aromatic carbocycles. The summed E-state index contributed by atoms with van der Waals surface area (Å²) in [6.07, 6.45) is -11.9. The van der Waals surface area contributed by atoms with Crippen molar-refractivity contribution in [3.63, 3.8) is 0 Å². The van der Waals surface area contributed by atoms with Gasteiger partial charge in [-0.15, -0.1) is 0 Å². The van der Waals surface area contributed by atoms with Crippen LogP contribution in [-0.2, 0) is 23.7 Å². The van der Waals surface area contributed by atoms with Crippen molar-refractivity contribution in [3.05, 3.63) is 0 Å². The average Bonchev–Trinajstić information content (AvgIpc) is 2.54. The van der Waals surface area contributed by atoms with Gasteiger partial charge in [-0.2, -0.15) is 0 Å². The second-order valence-corrected chi connectivity index (χ2v) is 5.99. The SMILES string of the molecule is COC[C@H]1O[C@@H](O[C@@H]2[C@@H](O)[C@@H](O)[C@H](O)O[C@H]2C)[C@H](O)[C@@H](OC)[C@@H]1O. The quantitative estimate of drug-likeness (QED) is 0.345. The molecular formula is C14H26O10. The topological polar surface area (TPSA) is 147 Å². The first-order valence-electron chi connectivity index (χ1n) is 7.70. The molecule has 2 heterocycles. The van der Waals surface area contributed by atoms with Gasteiger partial charge in [0.05, 0.1) is 12.7 Å². The van der Waals surface area contributed by atoms with Crippen LogP contribution in [-0.4, -0.2) is 108 Å². The highest BCUT2D eigenvalue weighted by molar-refractivity contribution is 4.93. The molecule has 0 aliphatic carbocycles. The molecule has 0 bridgehead atoms. The molecule has 0 spiro atoms. The second kappa shape index (κ2) is 8.32. The average molecular weight is 354 g/mol. The fourth-order valence-corrected chi connectivity index (χ4v) is 2.96. The standard InChI is InChI=1S/C14H26O10/c1-5-11(8(16)9(17)13(19)22-5)24-14-10(18)12(21-3)7(15)6(23-14)4-20-2/h5-19H,4H2,1-3H3/t5-,6+,7+,8-,9+,10+,11-,12-,13+,14-/m0/s1. The highest BCUT2D eigenvalue weighted by Gasteiger charge is 2.49. The summed E-state index contributed by atoms with van der Waals surface area (Å²) >= 11 is 0. The molecule has 142 valence electrons. The second-order valence-electron chi connectivity index (χ2n) is 5.99. The maximum atomic E-state index is 10.3. The highest BCUT2D eigenvalue weighted by atomic mass is 16.7. The fourth-order valence-electron chi connectivity index (χ4n) is 2.96. The Bertz CT molecular complexity index is 396. The van der Waals surface area contributed by atoms with Gasteiger partial charge in [0.2, 0.25) is 0 Å². The summed E-state index contributed by atoms with van der Waals surface area (Å²) in [6.45, 7) is 1.57. The summed E-state index contributed by atoms with van der Waals surface area (Å²) in [5, 5.41) is 49.7. The zero-order valence-corrected chi connectivity index (χ0v) is 13.8. The third-order valence-electron chi connectivity index (χ3n) is 4.33. The molecule has 24 heavy (non-hydrogen) atoms. The number of aliphatic hydroxyl groups is 5. The maximum absolute atomic E-state index is 10.3. The molecule has 2 aliphatic rings. The molecule has 10 atom stereocenters. The van der Waals surface area contributed by atoms with Crippen LogP contribution in [0, 0.1) is 0 Å². The first kappa shape index (κ1) is 19.9. The normalized spacial score (nSPS) is 50.0. The summed E-state index contributed by atoms with van der Waals surface area (Å²) in [4.78, 5) is 0. The third kappa shape index (κ3) is 3.88. The Morgan fingerprint density at radius 3 is 2.08 bits per heavy atom. The predicted octanol–water partition coefficient (Wildman–Crippen LogP) is -3.06. The summed E-state index contributed by atoms with van der Waals surface area (Å²) < 4.78 is 26.2. The van der Waals surface area contributed by atoms with Gasteiger partial charge in [-0.05, 0) is 6.92 Å². The number of rotatable bonds is 5. The molecular weight excluding hydrogens is 328 g/mol. The highest BCUT2D eigenvalue weighted by Crippen LogP contribution is 2.29. The van der Waals surface area contributed by atoms with E-state index in [1.165, 1.54) is 21.1 Å². The van der Waals surface area contributed by atoms with E-state index in [0.29, 0.717) is 0 Å². The summed E-state index contributed by atoms with van der Waals surface area (Å²) in [6, 6.07) is 0. The van der Waals surface area contributed by atoms with Crippen LogP contribution in [0.3, 0.4) is 0 Å². The molecule has 0 radical (unpaired) electrons. The molecule has 0 aromatic heterocycles. The van der Waals surface area contributed by atoms with Crippen molar-refractivity contribution in [1.29, 1.82) is 0 Å². The van der Waals surface area contributed by atoms with Crippen LogP contribution >= 0.6 is 0 Å². The minimum absolute atomic E-state index is 0.0359. The third-order valence-corrected chi connectivity index (χ3v) is 4.33. The van der Waals surface area contributed by atoms with Gasteiger partial charge in [-0.1, -0.05) is 0 Å². The van der Waals surface area contributed by atoms with Crippen molar-refractivity contribution in [2.24, 2.45) is 0 Å². The van der Waals surface area contributed by atoms with Crippen molar-refractivity contribution >= 4 is 0 Å². The van der Waals surface area contributed by atoms with Crippen molar-refractivity contribution in [2.75, 3.05) is 20.8 Å². The molecule has 2 aliphatic heterocycles. The van der Waals surface area contributed by atoms with E-state index >= 15 is 0 Å². The molecule has 5 N–H and O–H groups in total. The van der Waals surface area contributed by atoms with Crippen molar-refractivity contribution in [2.45, 2.75) is 68.3 Å². The number of hydrogen-bond donors (Lipinski definition) is 5. The van der Waals surface area contributed by atoms with E-state index in [9.17, 15) is 25.5 Å². The monoisotopic (exact) mass is 354 g/mol. The minimum atomic E-state index is -1.56. The predicted molar refractivity (Wildman–Crippen MR) is 76.8 cm³/mol. The largest absolute Gasteiger partial charge is 0.387 e. The lowest BCUT2D eigenvalue weighted by Crippen LogP contribution is -2.64. The van der Waals surface area contributed by atoms with Gasteiger partial charge in [-0.25, -0.2) is 0 Å². The van der Waals surface area contributed by atoms with E-state index in [1.54, 1.807) is 0 Å². The molecule has 2 saturated heterocycles. The van der Waals surface area contributed by atoms with Crippen molar-refractivity contribution < 1.29 is 49.2 Å². The Morgan fingerprint density at radius 1 is 0.833 bits per heavy atom. The Morgan fingerprint density at radius 2 is 1.50 bits per heavy atom. The van der Waals surface area contributed by atoms with E-state index in [0.717, 1.165) is 0 Å². The van der Waals surface area contributed by atoms with Crippen LogP contribution in [0.2, 0.25) is 0 Å². The van der Waals surface area contributed by atoms with Gasteiger partial charge in [0, 0.05) is 14.2 Å². The van der Waals surface area contributed by atoms with Crippen LogP contribution in [0.1, 0.15) is 6.92 Å². The van der Waals surface area contributed by atoms with Crippen LogP contribution in [0.5, 0.6) is 0 Å². The number of aliphatic hydroxyl groups excluding tert-OH is 5. The number of hydrogen-bond acceptors (Lipinski definition) is 10. The molecule has 2 fully saturated rings. The van der Waals surface area contributed by atoms with Crippen LogP contribution in [0.25, 0.3) is 0 Å². The lowest BCUT2D eigenvalue weighted by molar-refractivity contribution is -0.353. The molecule has 0 aromatic rings. The molecule has 0 saturated carbocycles. The first-order valence-corrected chi connectivity index (χ1v) is 7.70. The van der Waals surface area contributed by atoms with E-state index in [2.05, 4.69) is 0 Å². The Hall–Kier alpha value is -0.400. The van der Waals surface area contributed by atoms with Crippen LogP contribution < -0.4 is 0 Å². The van der Waals surface area contributed by atoms with Crippen LogP contribution in [0.4, 0.5) is 0 Å². The van der Waals surface area contributed by atoms with E-state index < -0.39 is 61.4 Å². The van der Waals surface area contributed by atoms with Crippen molar-refractivity contribution in [3.8, 4) is 0 Å². The van der Waals surface area contributed by atoms with Gasteiger partial charge in [0.15, 0.2) is 12.6 Å². The van der Waals surface area contributed by atoms with Crippen LogP contribution in [0.15, 0.2) is 0 Å².